The molecule has 0 aromatic heterocycles. The van der Waals surface area contributed by atoms with Gasteiger partial charge in [0.05, 0.1) is 0 Å². The topological polar surface area (TPSA) is 0 Å². The van der Waals surface area contributed by atoms with Crippen molar-refractivity contribution in [1.82, 2.24) is 0 Å². The Kier molecular flexibility index (Phi) is 157. The molecule has 0 aliphatic rings. The minimum Gasteiger partial charge on any atom is 0 e. The van der Waals surface area contributed by atoms with E-state index in [1.807, 2.05) is 0 Å². The van der Waals surface area contributed by atoms with Crippen LogP contribution in [0.25, 0.3) is 0 Å². The standard InChI is InChI=1S/Bi.Fe.La.Sm.W. The molecule has 0 aromatic carbocycles. The quantitative estimate of drug-likeness (QED) is 0.298. The summed E-state index contributed by atoms with van der Waals surface area (Å²) in [6.07, 6.45) is 0. The monoisotopic (exact) mass is 740 g/mol. The Morgan fingerprint density at radius 1 is 1.00 bits per heavy atom. The molecule has 0 unspecified atom stereocenters. The van der Waals surface area contributed by atoms with Gasteiger partial charge in [-0.3, -0.25) is 0 Å². The summed E-state index contributed by atoms with van der Waals surface area (Å²) < 4.78 is 0. The fourth-order valence-electron chi connectivity index (χ4n) is 0. The summed E-state index contributed by atoms with van der Waals surface area (Å²) in [5, 5.41) is 0. The van der Waals surface area contributed by atoms with E-state index in [1.54, 1.807) is 0 Å². The molecule has 0 aromatic rings. The third-order valence-electron chi connectivity index (χ3n) is 0. The maximum Gasteiger partial charge on any atom is 0 e. The van der Waals surface area contributed by atoms with E-state index in [-0.39, 0.29) is 140 Å². The average Bonchev–Trinajstić information content (AvgIpc) is 0. The first-order valence-electron chi connectivity index (χ1n) is 0. The Morgan fingerprint density at radius 2 is 1.00 bits per heavy atom. The van der Waals surface area contributed by atoms with Gasteiger partial charge < -0.3 is 0 Å². The van der Waals surface area contributed by atoms with Crippen molar-refractivity contribution >= 4 is 26.2 Å². The van der Waals surface area contributed by atoms with E-state index in [4.69, 9.17) is 0 Å². The molecule has 0 aliphatic heterocycles. The Labute approximate surface area is 136 Å². The van der Waals surface area contributed by atoms with Crippen molar-refractivity contribution in [3.05, 3.63) is 0 Å². The molecule has 0 saturated carbocycles. The number of rotatable bonds is 0. The summed E-state index contributed by atoms with van der Waals surface area (Å²) in [5.74, 6) is 0. The van der Waals surface area contributed by atoms with E-state index in [1.165, 1.54) is 0 Å². The SMILES string of the molecule is [Bi].[Fe].[La].[Sm].[W]. The van der Waals surface area contributed by atoms with Crippen LogP contribution in [0.4, 0.5) is 0 Å². The van der Waals surface area contributed by atoms with E-state index in [0.29, 0.717) is 0 Å². The van der Waals surface area contributed by atoms with Gasteiger partial charge in [-0.2, -0.15) is 0 Å². The van der Waals surface area contributed by atoms with Crippen LogP contribution in [0.3, 0.4) is 0 Å². The molecule has 0 bridgehead atoms. The van der Waals surface area contributed by atoms with Crippen molar-refractivity contribution in [1.29, 1.82) is 0 Å². The van der Waals surface area contributed by atoms with Gasteiger partial charge in [0.25, 0.3) is 0 Å². The zero-order valence-electron chi connectivity index (χ0n) is 2.19. The summed E-state index contributed by atoms with van der Waals surface area (Å²) in [4.78, 5) is 0. The van der Waals surface area contributed by atoms with E-state index >= 15 is 0 Å². The van der Waals surface area contributed by atoms with Gasteiger partial charge >= 0.3 is 0 Å². The zero-order valence-corrected chi connectivity index (χ0v) is 16.0. The van der Waals surface area contributed by atoms with Crippen molar-refractivity contribution in [3.63, 3.8) is 0 Å². The third-order valence-corrected chi connectivity index (χ3v) is 0. The van der Waals surface area contributed by atoms with Crippen LogP contribution in [-0.2, 0) is 38.1 Å². The Morgan fingerprint density at radius 3 is 1.00 bits per heavy atom. The van der Waals surface area contributed by atoms with Crippen LogP contribution in [0, 0.1) is 76.0 Å². The van der Waals surface area contributed by atoms with Gasteiger partial charge in [-0.1, -0.05) is 0 Å². The van der Waals surface area contributed by atoms with Crippen LogP contribution in [-0.4, -0.2) is 26.2 Å². The molecule has 0 amide bonds. The summed E-state index contributed by atoms with van der Waals surface area (Å²) >= 11 is 0. The van der Waals surface area contributed by atoms with Gasteiger partial charge in [0, 0.05) is 140 Å². The molecule has 0 aliphatic carbocycles. The maximum atomic E-state index is 0. The minimum absolute atomic E-state index is 0. The van der Waals surface area contributed by atoms with Crippen LogP contribution >= 0.6 is 0 Å². The molecule has 5 heavy (non-hydrogen) atoms. The molecule has 4 radical (unpaired) electrons. The summed E-state index contributed by atoms with van der Waals surface area (Å²) in [6, 6.07) is 0. The number of hydrogen-bond acceptors (Lipinski definition) is 0. The molecule has 0 atom stereocenters. The molecule has 0 nitrogen and oxygen atoms in total. The number of hydrogen-bond donors (Lipinski definition) is 0. The van der Waals surface area contributed by atoms with Crippen molar-refractivity contribution in [3.8, 4) is 0 Å². The summed E-state index contributed by atoms with van der Waals surface area (Å²) in [6.45, 7) is 0. The van der Waals surface area contributed by atoms with Gasteiger partial charge in [-0.25, -0.2) is 0 Å². The van der Waals surface area contributed by atoms with Gasteiger partial charge in [-0.15, -0.1) is 0 Å². The van der Waals surface area contributed by atoms with Crippen molar-refractivity contribution < 1.29 is 114 Å². The average molecular weight is 738 g/mol. The van der Waals surface area contributed by atoms with Gasteiger partial charge in [0.2, 0.25) is 0 Å². The second-order valence-corrected chi connectivity index (χ2v) is 0. The van der Waals surface area contributed by atoms with Crippen LogP contribution in [0.2, 0.25) is 0 Å². The van der Waals surface area contributed by atoms with Crippen LogP contribution < -0.4 is 0 Å². The van der Waals surface area contributed by atoms with Gasteiger partial charge in [-0.05, 0) is 0 Å². The smallest absolute Gasteiger partial charge is 0 e. The van der Waals surface area contributed by atoms with Gasteiger partial charge in [0.15, 0.2) is 0 Å². The molecular weight excluding hydrogens is 738 g/mol. The van der Waals surface area contributed by atoms with E-state index in [9.17, 15) is 0 Å². The third kappa shape index (κ3) is 17.7. The molecule has 0 fully saturated rings. The van der Waals surface area contributed by atoms with Crippen molar-refractivity contribution in [2.24, 2.45) is 0 Å². The normalized spacial score (nSPS) is 0. The minimum atomic E-state index is 0. The predicted molar refractivity (Wildman–Crippen MR) is 5.75 cm³/mol. The first kappa shape index (κ1) is 33.5. The van der Waals surface area contributed by atoms with Crippen molar-refractivity contribution in [2.75, 3.05) is 0 Å². The molecule has 28 valence electrons. The van der Waals surface area contributed by atoms with Crippen LogP contribution in [0.5, 0.6) is 0 Å². The first-order valence-corrected chi connectivity index (χ1v) is 0. The molecular formula is BiFeLaSmW. The Hall–Kier alpha value is 4.62. The maximum absolute atomic E-state index is 0. The Balaban J connectivity index is 0. The predicted octanol–water partition coefficient (Wildman–Crippen LogP) is -0.386. The molecule has 0 saturated heterocycles. The van der Waals surface area contributed by atoms with Crippen molar-refractivity contribution in [2.45, 2.75) is 0 Å². The molecule has 5 heteroatoms. The summed E-state index contributed by atoms with van der Waals surface area (Å²) in [7, 11) is 0. The van der Waals surface area contributed by atoms with Crippen LogP contribution in [0.1, 0.15) is 0 Å². The Bertz CT molecular complexity index is 11.6. The first-order chi connectivity index (χ1) is 0. The molecule has 0 N–H and O–H groups in total. The van der Waals surface area contributed by atoms with E-state index < -0.39 is 0 Å². The second kappa shape index (κ2) is 23.4. The molecule has 0 spiro atoms. The largest absolute Gasteiger partial charge is 0 e. The second-order valence-electron chi connectivity index (χ2n) is 0. The van der Waals surface area contributed by atoms with Gasteiger partial charge in [0.1, 0.15) is 0 Å². The zero-order chi connectivity index (χ0) is 0. The van der Waals surface area contributed by atoms with Crippen LogP contribution in [0.15, 0.2) is 0 Å². The summed E-state index contributed by atoms with van der Waals surface area (Å²) in [5.41, 5.74) is 0. The fourth-order valence-corrected chi connectivity index (χ4v) is 0. The molecule has 0 rings (SSSR count). The fraction of sp³-hybridized carbons (Fsp3) is 0. The molecule has 0 heterocycles. The van der Waals surface area contributed by atoms with E-state index in [0.717, 1.165) is 0 Å². The van der Waals surface area contributed by atoms with E-state index in [2.05, 4.69) is 0 Å².